The van der Waals surface area contributed by atoms with E-state index in [1.807, 2.05) is 13.8 Å². The molecular weight excluding hydrogens is 565 g/mol. The number of amides is 2. The van der Waals surface area contributed by atoms with Gasteiger partial charge in [-0.3, -0.25) is 9.59 Å². The van der Waals surface area contributed by atoms with E-state index in [1.165, 1.54) is 26.3 Å². The molecular formula is C33H32FN5O5. The van der Waals surface area contributed by atoms with Crippen LogP contribution in [0.3, 0.4) is 0 Å². The van der Waals surface area contributed by atoms with Crippen molar-refractivity contribution in [1.29, 1.82) is 0 Å². The van der Waals surface area contributed by atoms with Crippen LogP contribution in [0.4, 0.5) is 4.39 Å². The van der Waals surface area contributed by atoms with Crippen LogP contribution in [0, 0.1) is 5.82 Å². The SMILES string of the molecule is C=NC(=N/C=C\C)C1(NC(=O)c2cc(-c3cc4c(C(=O)NC)c(-c5ccc(F)cc5)oc4cc3OCC)cnc2OC)CC1. The maximum atomic E-state index is 13.7. The Kier molecular flexibility index (Phi) is 8.57. The minimum Gasteiger partial charge on any atom is -0.493 e. The number of hydrogen-bond acceptors (Lipinski definition) is 7. The molecule has 2 amide bonds. The number of allylic oxidation sites excluding steroid dienone is 1. The first kappa shape index (κ1) is 30.1. The molecule has 1 aliphatic rings. The van der Waals surface area contributed by atoms with Crippen molar-refractivity contribution in [3.8, 4) is 34.1 Å². The van der Waals surface area contributed by atoms with E-state index in [1.54, 1.807) is 48.8 Å². The third-order valence-electron chi connectivity index (χ3n) is 7.28. The molecule has 2 aromatic carbocycles. The number of rotatable bonds is 10. The molecule has 11 heteroatoms. The lowest BCUT2D eigenvalue weighted by Crippen LogP contribution is -2.42. The van der Waals surface area contributed by atoms with Gasteiger partial charge in [-0.25, -0.2) is 19.4 Å². The summed E-state index contributed by atoms with van der Waals surface area (Å²) in [7, 11) is 2.96. The average molecular weight is 598 g/mol. The fourth-order valence-electron chi connectivity index (χ4n) is 4.98. The van der Waals surface area contributed by atoms with Gasteiger partial charge in [0, 0.05) is 47.6 Å². The molecule has 0 aliphatic heterocycles. The molecule has 1 aliphatic carbocycles. The van der Waals surface area contributed by atoms with Crippen molar-refractivity contribution in [2.24, 2.45) is 9.98 Å². The minimum atomic E-state index is -0.731. The van der Waals surface area contributed by atoms with Crippen LogP contribution in [0.25, 0.3) is 33.4 Å². The topological polar surface area (TPSA) is 127 Å². The van der Waals surface area contributed by atoms with E-state index in [0.29, 0.717) is 58.7 Å². The maximum absolute atomic E-state index is 13.7. The van der Waals surface area contributed by atoms with Crippen LogP contribution >= 0.6 is 0 Å². The highest BCUT2D eigenvalue weighted by Gasteiger charge is 2.49. The zero-order chi connectivity index (χ0) is 31.4. The van der Waals surface area contributed by atoms with Crippen LogP contribution in [0.15, 0.2) is 75.3 Å². The number of hydrogen-bond donors (Lipinski definition) is 2. The molecule has 0 spiro atoms. The number of ether oxygens (including phenoxy) is 2. The molecule has 226 valence electrons. The van der Waals surface area contributed by atoms with E-state index in [4.69, 9.17) is 13.9 Å². The standard InChI is InChI=1S/C33H32FN5O5/c1-6-14-37-32(36-4)33(12-13-33)39-29(40)24-15-20(18-38-31(24)42-5)22-16-23-26(17-25(22)43-7-2)44-28(27(23)30(41)35-3)19-8-10-21(34)11-9-19/h6,8-11,14-18H,4,7,12-13H2,1-3,5H3,(H,35,41)(H,39,40)/b14-6-,37-32?. The van der Waals surface area contributed by atoms with Gasteiger partial charge in [-0.05, 0) is 69.8 Å². The van der Waals surface area contributed by atoms with Gasteiger partial charge in [0.2, 0.25) is 5.88 Å². The zero-order valence-corrected chi connectivity index (χ0v) is 24.9. The molecule has 1 saturated carbocycles. The van der Waals surface area contributed by atoms with E-state index in [-0.39, 0.29) is 28.7 Å². The molecule has 4 aromatic rings. The third-order valence-corrected chi connectivity index (χ3v) is 7.28. The van der Waals surface area contributed by atoms with Crippen molar-refractivity contribution in [2.75, 3.05) is 20.8 Å². The molecule has 1 fully saturated rings. The number of aromatic nitrogens is 1. The summed E-state index contributed by atoms with van der Waals surface area (Å²) in [5.41, 5.74) is 1.79. The van der Waals surface area contributed by atoms with Crippen molar-refractivity contribution in [3.05, 3.63) is 77.9 Å². The number of furan rings is 1. The van der Waals surface area contributed by atoms with Gasteiger partial charge in [-0.15, -0.1) is 0 Å². The Hall–Kier alpha value is -5.32. The highest BCUT2D eigenvalue weighted by molar-refractivity contribution is 6.12. The lowest BCUT2D eigenvalue weighted by molar-refractivity contribution is 0.0937. The number of amidine groups is 1. The highest BCUT2D eigenvalue weighted by Crippen LogP contribution is 2.42. The number of aliphatic imine (C=N–C) groups is 2. The molecule has 0 bridgehead atoms. The Bertz CT molecular complexity index is 1810. The number of nitrogens with zero attached hydrogens (tertiary/aromatic N) is 3. The van der Waals surface area contributed by atoms with Gasteiger partial charge in [0.15, 0.2) is 5.84 Å². The summed E-state index contributed by atoms with van der Waals surface area (Å²) >= 11 is 0. The summed E-state index contributed by atoms with van der Waals surface area (Å²) in [5, 5.41) is 6.20. The van der Waals surface area contributed by atoms with Crippen molar-refractivity contribution in [2.45, 2.75) is 32.2 Å². The van der Waals surface area contributed by atoms with Gasteiger partial charge in [0.1, 0.15) is 34.0 Å². The largest absolute Gasteiger partial charge is 0.493 e. The lowest BCUT2D eigenvalue weighted by Gasteiger charge is -2.18. The van der Waals surface area contributed by atoms with Gasteiger partial charge < -0.3 is 24.5 Å². The average Bonchev–Trinajstić information content (AvgIpc) is 3.71. The number of nitrogens with one attached hydrogen (secondary N) is 2. The summed E-state index contributed by atoms with van der Waals surface area (Å²) in [6.07, 6.45) is 6.26. The second kappa shape index (κ2) is 12.5. The van der Waals surface area contributed by atoms with Crippen molar-refractivity contribution >= 4 is 35.3 Å². The first-order valence-corrected chi connectivity index (χ1v) is 14.0. The molecule has 2 aromatic heterocycles. The van der Waals surface area contributed by atoms with E-state index in [9.17, 15) is 14.0 Å². The fraction of sp³-hybridized carbons (Fsp3) is 0.242. The Morgan fingerprint density at radius 2 is 1.91 bits per heavy atom. The van der Waals surface area contributed by atoms with Crippen LogP contribution in [-0.2, 0) is 0 Å². The van der Waals surface area contributed by atoms with Crippen molar-refractivity contribution in [1.82, 2.24) is 15.6 Å². The van der Waals surface area contributed by atoms with E-state index in [0.717, 1.165) is 0 Å². The first-order valence-electron chi connectivity index (χ1n) is 14.0. The zero-order valence-electron chi connectivity index (χ0n) is 24.9. The number of methoxy groups -OCH3 is 1. The summed E-state index contributed by atoms with van der Waals surface area (Å²) in [6, 6.07) is 10.8. The first-order chi connectivity index (χ1) is 21.3. The van der Waals surface area contributed by atoms with Gasteiger partial charge in [0.05, 0.1) is 19.3 Å². The molecule has 0 saturated heterocycles. The molecule has 0 atom stereocenters. The van der Waals surface area contributed by atoms with Gasteiger partial charge in [-0.1, -0.05) is 6.08 Å². The quantitative estimate of drug-likeness (QED) is 0.171. The second-order valence-corrected chi connectivity index (χ2v) is 10.1. The van der Waals surface area contributed by atoms with E-state index in [2.05, 4.69) is 32.3 Å². The Morgan fingerprint density at radius 3 is 2.52 bits per heavy atom. The van der Waals surface area contributed by atoms with Crippen LogP contribution in [0.2, 0.25) is 0 Å². The van der Waals surface area contributed by atoms with Gasteiger partial charge >= 0.3 is 0 Å². The number of fused-ring (bicyclic) bond motifs is 1. The molecule has 10 nitrogen and oxygen atoms in total. The highest BCUT2D eigenvalue weighted by atomic mass is 19.1. The molecule has 5 rings (SSSR count). The molecule has 0 radical (unpaired) electrons. The summed E-state index contributed by atoms with van der Waals surface area (Å²) < 4.78 is 31.2. The molecule has 44 heavy (non-hydrogen) atoms. The molecule has 2 N–H and O–H groups in total. The number of benzene rings is 2. The number of carbonyl (C=O) groups excluding carboxylic acids is 2. The summed E-state index contributed by atoms with van der Waals surface area (Å²) in [4.78, 5) is 39.6. The van der Waals surface area contributed by atoms with Crippen molar-refractivity contribution < 1.29 is 27.9 Å². The smallest absolute Gasteiger partial charge is 0.257 e. The Labute approximate surface area is 253 Å². The summed E-state index contributed by atoms with van der Waals surface area (Å²) in [5.74, 6) is 0.0879. The monoisotopic (exact) mass is 597 g/mol. The van der Waals surface area contributed by atoms with Crippen LogP contribution in [0.5, 0.6) is 11.6 Å². The number of pyridine rings is 1. The van der Waals surface area contributed by atoms with E-state index >= 15 is 0 Å². The number of carbonyl (C=O) groups is 2. The lowest BCUT2D eigenvalue weighted by atomic mass is 9.99. The predicted octanol–water partition coefficient (Wildman–Crippen LogP) is 5.96. The van der Waals surface area contributed by atoms with Gasteiger partial charge in [0.25, 0.3) is 11.8 Å². The van der Waals surface area contributed by atoms with Crippen LogP contribution in [0.1, 0.15) is 47.4 Å². The normalized spacial score (nSPS) is 14.0. The molecule has 2 heterocycles. The van der Waals surface area contributed by atoms with Crippen LogP contribution < -0.4 is 20.1 Å². The minimum absolute atomic E-state index is 0.132. The Morgan fingerprint density at radius 1 is 1.16 bits per heavy atom. The third kappa shape index (κ3) is 5.68. The number of halogens is 1. The second-order valence-electron chi connectivity index (χ2n) is 10.1. The summed E-state index contributed by atoms with van der Waals surface area (Å²) in [6.45, 7) is 7.64. The van der Waals surface area contributed by atoms with Crippen LogP contribution in [-0.4, -0.2) is 55.7 Å². The maximum Gasteiger partial charge on any atom is 0.257 e. The predicted molar refractivity (Wildman–Crippen MR) is 167 cm³/mol. The van der Waals surface area contributed by atoms with Crippen molar-refractivity contribution in [3.63, 3.8) is 0 Å². The fourth-order valence-corrected chi connectivity index (χ4v) is 4.98. The van der Waals surface area contributed by atoms with E-state index < -0.39 is 17.3 Å². The van der Waals surface area contributed by atoms with Gasteiger partial charge in [-0.2, -0.15) is 0 Å². The Balaban J connectivity index is 1.63. The molecule has 0 unspecified atom stereocenters.